The van der Waals surface area contributed by atoms with Gasteiger partial charge in [-0.2, -0.15) is 0 Å². The van der Waals surface area contributed by atoms with Crippen LogP contribution < -0.4 is 5.32 Å². The first-order valence-electron chi connectivity index (χ1n) is 4.86. The van der Waals surface area contributed by atoms with Crippen molar-refractivity contribution in [2.45, 2.75) is 18.9 Å². The molecule has 4 N–H and O–H groups in total. The Kier molecular flexibility index (Phi) is 4.14. The molecule has 1 rings (SSSR count). The van der Waals surface area contributed by atoms with Gasteiger partial charge in [-0.05, 0) is 13.0 Å². The predicted molar refractivity (Wildman–Crippen MR) is 61.0 cm³/mol. The largest absolute Gasteiger partial charge is 0.481 e. The molecule has 1 heterocycles. The van der Waals surface area contributed by atoms with E-state index >= 15 is 0 Å². The van der Waals surface area contributed by atoms with Crippen molar-refractivity contribution >= 4 is 23.5 Å². The predicted octanol–water partition coefficient (Wildman–Crippen LogP) is 0.624. The van der Waals surface area contributed by atoms with E-state index in [9.17, 15) is 14.7 Å². The number of aromatic nitrogens is 1. The SMILES string of the molecule is CC(O)(CNC(=O)c1cc(Cl)c[nH]1)CC(=O)O. The van der Waals surface area contributed by atoms with Crippen LogP contribution in [0, 0.1) is 0 Å². The molecule has 17 heavy (non-hydrogen) atoms. The van der Waals surface area contributed by atoms with E-state index in [1.54, 1.807) is 0 Å². The molecule has 1 aromatic rings. The number of carbonyl (C=O) groups excluding carboxylic acids is 1. The second kappa shape index (κ2) is 5.20. The number of amides is 1. The van der Waals surface area contributed by atoms with Crippen LogP contribution >= 0.6 is 11.6 Å². The Morgan fingerprint density at radius 2 is 2.24 bits per heavy atom. The van der Waals surface area contributed by atoms with Crippen LogP contribution in [0.3, 0.4) is 0 Å². The highest BCUT2D eigenvalue weighted by Gasteiger charge is 2.25. The Bertz CT molecular complexity index is 428. The van der Waals surface area contributed by atoms with Crippen molar-refractivity contribution < 1.29 is 19.8 Å². The molecule has 0 aliphatic carbocycles. The highest BCUT2D eigenvalue weighted by Crippen LogP contribution is 2.10. The average molecular weight is 261 g/mol. The Morgan fingerprint density at radius 3 is 2.71 bits per heavy atom. The lowest BCUT2D eigenvalue weighted by atomic mass is 10.0. The van der Waals surface area contributed by atoms with Crippen LogP contribution in [-0.4, -0.2) is 39.2 Å². The molecular formula is C10H13ClN2O4. The van der Waals surface area contributed by atoms with Gasteiger partial charge in [0.25, 0.3) is 5.91 Å². The number of hydrogen-bond acceptors (Lipinski definition) is 3. The summed E-state index contributed by atoms with van der Waals surface area (Å²) in [5.74, 6) is -1.59. The zero-order chi connectivity index (χ0) is 13.1. The zero-order valence-corrected chi connectivity index (χ0v) is 9.91. The van der Waals surface area contributed by atoms with Gasteiger partial charge in [0.15, 0.2) is 0 Å². The van der Waals surface area contributed by atoms with Gasteiger partial charge in [-0.15, -0.1) is 0 Å². The first-order chi connectivity index (χ1) is 7.80. The molecule has 94 valence electrons. The fourth-order valence-electron chi connectivity index (χ4n) is 1.25. The second-order valence-corrected chi connectivity index (χ2v) is 4.42. The lowest BCUT2D eigenvalue weighted by Gasteiger charge is -2.21. The van der Waals surface area contributed by atoms with E-state index in [1.807, 2.05) is 0 Å². The molecule has 0 aromatic carbocycles. The summed E-state index contributed by atoms with van der Waals surface area (Å²) in [5.41, 5.74) is -1.24. The number of carboxylic acids is 1. The minimum absolute atomic E-state index is 0.158. The minimum Gasteiger partial charge on any atom is -0.481 e. The topological polar surface area (TPSA) is 102 Å². The van der Waals surface area contributed by atoms with Crippen LogP contribution in [0.2, 0.25) is 5.02 Å². The standard InChI is InChI=1S/C10H13ClN2O4/c1-10(17,3-8(14)15)5-13-9(16)7-2-6(11)4-12-7/h2,4,12,17H,3,5H2,1H3,(H,13,16)(H,14,15). The number of H-pyrrole nitrogens is 1. The Balaban J connectivity index is 2.51. The number of aromatic amines is 1. The summed E-state index contributed by atoms with van der Waals surface area (Å²) in [6.07, 6.45) is 1.00. The monoisotopic (exact) mass is 260 g/mol. The molecular weight excluding hydrogens is 248 g/mol. The van der Waals surface area contributed by atoms with Crippen molar-refractivity contribution in [1.82, 2.24) is 10.3 Å². The summed E-state index contributed by atoms with van der Waals surface area (Å²) >= 11 is 5.63. The molecule has 0 aliphatic rings. The number of rotatable bonds is 5. The molecule has 0 radical (unpaired) electrons. The molecule has 1 amide bonds. The maximum atomic E-state index is 11.5. The lowest BCUT2D eigenvalue weighted by Crippen LogP contribution is -2.42. The third-order valence-corrected chi connectivity index (χ3v) is 2.27. The quantitative estimate of drug-likeness (QED) is 0.623. The average Bonchev–Trinajstić information content (AvgIpc) is 2.59. The van der Waals surface area contributed by atoms with Crippen molar-refractivity contribution in [1.29, 1.82) is 0 Å². The summed E-state index contributed by atoms with van der Waals surface area (Å²) < 4.78 is 0. The molecule has 0 fully saturated rings. The van der Waals surface area contributed by atoms with Crippen molar-refractivity contribution in [2.24, 2.45) is 0 Å². The summed E-state index contributed by atoms with van der Waals surface area (Å²) in [4.78, 5) is 24.6. The Hall–Kier alpha value is -1.53. The van der Waals surface area contributed by atoms with E-state index in [2.05, 4.69) is 10.3 Å². The maximum Gasteiger partial charge on any atom is 0.306 e. The Morgan fingerprint density at radius 1 is 1.59 bits per heavy atom. The fraction of sp³-hybridized carbons (Fsp3) is 0.400. The zero-order valence-electron chi connectivity index (χ0n) is 9.16. The highest BCUT2D eigenvalue weighted by atomic mass is 35.5. The molecule has 0 bridgehead atoms. The van der Waals surface area contributed by atoms with Crippen LogP contribution in [-0.2, 0) is 4.79 Å². The maximum absolute atomic E-state index is 11.5. The first kappa shape index (κ1) is 13.5. The summed E-state index contributed by atoms with van der Waals surface area (Å²) in [7, 11) is 0. The molecule has 0 saturated carbocycles. The lowest BCUT2D eigenvalue weighted by molar-refractivity contribution is -0.141. The molecule has 1 unspecified atom stereocenters. The molecule has 0 spiro atoms. The first-order valence-corrected chi connectivity index (χ1v) is 5.24. The van der Waals surface area contributed by atoms with Gasteiger partial charge in [0.2, 0.25) is 0 Å². The number of hydrogen-bond donors (Lipinski definition) is 4. The molecule has 6 nitrogen and oxygen atoms in total. The third kappa shape index (κ3) is 4.46. The smallest absolute Gasteiger partial charge is 0.306 e. The van der Waals surface area contributed by atoms with Gasteiger partial charge in [-0.25, -0.2) is 0 Å². The van der Waals surface area contributed by atoms with Crippen LogP contribution in [0.15, 0.2) is 12.3 Å². The van der Waals surface area contributed by atoms with Gasteiger partial charge < -0.3 is 20.5 Å². The molecule has 0 aliphatic heterocycles. The minimum atomic E-state index is -1.49. The van der Waals surface area contributed by atoms with Crippen LogP contribution in [0.5, 0.6) is 0 Å². The van der Waals surface area contributed by atoms with Crippen LogP contribution in [0.4, 0.5) is 0 Å². The van der Waals surface area contributed by atoms with Crippen LogP contribution in [0.25, 0.3) is 0 Å². The number of carbonyl (C=O) groups is 2. The number of nitrogens with one attached hydrogen (secondary N) is 2. The molecule has 1 aromatic heterocycles. The van der Waals surface area contributed by atoms with Gasteiger partial charge in [-0.1, -0.05) is 11.6 Å². The van der Waals surface area contributed by atoms with Crippen molar-refractivity contribution in [2.75, 3.05) is 6.54 Å². The van der Waals surface area contributed by atoms with Crippen molar-refractivity contribution in [3.8, 4) is 0 Å². The molecule has 7 heteroatoms. The fourth-order valence-corrected chi connectivity index (χ4v) is 1.42. The highest BCUT2D eigenvalue weighted by molar-refractivity contribution is 6.30. The van der Waals surface area contributed by atoms with Crippen molar-refractivity contribution in [3.63, 3.8) is 0 Å². The van der Waals surface area contributed by atoms with Gasteiger partial charge in [0.1, 0.15) is 5.69 Å². The second-order valence-electron chi connectivity index (χ2n) is 3.98. The van der Waals surface area contributed by atoms with Crippen LogP contribution in [0.1, 0.15) is 23.8 Å². The summed E-state index contributed by atoms with van der Waals surface area (Å²) in [6, 6.07) is 1.43. The van der Waals surface area contributed by atoms with E-state index in [0.717, 1.165) is 0 Å². The van der Waals surface area contributed by atoms with Gasteiger partial charge in [-0.3, -0.25) is 9.59 Å². The normalized spacial score (nSPS) is 14.1. The summed E-state index contributed by atoms with van der Waals surface area (Å²) in [6.45, 7) is 1.18. The van der Waals surface area contributed by atoms with Gasteiger partial charge in [0, 0.05) is 12.7 Å². The van der Waals surface area contributed by atoms with Gasteiger partial charge >= 0.3 is 5.97 Å². The number of halogens is 1. The van der Waals surface area contributed by atoms with E-state index < -0.39 is 23.9 Å². The van der Waals surface area contributed by atoms with E-state index in [1.165, 1.54) is 19.2 Å². The Labute approximate surface area is 103 Å². The molecule has 0 saturated heterocycles. The van der Waals surface area contributed by atoms with E-state index in [0.29, 0.717) is 5.02 Å². The summed E-state index contributed by atoms with van der Waals surface area (Å²) in [5, 5.41) is 21.0. The van der Waals surface area contributed by atoms with Crippen molar-refractivity contribution in [3.05, 3.63) is 23.0 Å². The number of carboxylic acid groups (broad SMARTS) is 1. The third-order valence-electron chi connectivity index (χ3n) is 2.05. The van der Waals surface area contributed by atoms with Gasteiger partial charge in [0.05, 0.1) is 17.0 Å². The van der Waals surface area contributed by atoms with E-state index in [-0.39, 0.29) is 12.2 Å². The number of aliphatic carboxylic acids is 1. The molecule has 1 atom stereocenters. The van der Waals surface area contributed by atoms with E-state index in [4.69, 9.17) is 16.7 Å². The number of aliphatic hydroxyl groups is 1.